The fourth-order valence-corrected chi connectivity index (χ4v) is 2.70. The fourth-order valence-electron chi connectivity index (χ4n) is 2.70. The number of carboxylic acid groups (broad SMARTS) is 1. The molecule has 2 atom stereocenters. The zero-order chi connectivity index (χ0) is 9.42. The van der Waals surface area contributed by atoms with E-state index in [4.69, 9.17) is 10.9 Å². The molecule has 0 aromatic heterocycles. The van der Waals surface area contributed by atoms with Crippen molar-refractivity contribution in [3.05, 3.63) is 0 Å². The Hall–Kier alpha value is -1.06. The van der Waals surface area contributed by atoms with Crippen LogP contribution in [-0.2, 0) is 4.79 Å². The molecule has 0 radical (unpaired) electrons. The van der Waals surface area contributed by atoms with Crippen LogP contribution in [0.3, 0.4) is 0 Å². The summed E-state index contributed by atoms with van der Waals surface area (Å²) < 4.78 is 0. The van der Waals surface area contributed by atoms with Gasteiger partial charge in [0.25, 0.3) is 0 Å². The molecule has 72 valence electrons. The minimum absolute atomic E-state index is 0.164. The molecule has 0 spiro atoms. The first-order chi connectivity index (χ1) is 6.22. The highest BCUT2D eigenvalue weighted by Crippen LogP contribution is 2.42. The number of rotatable bonds is 1. The molecule has 0 unspecified atom stereocenters. The molecule has 13 heavy (non-hydrogen) atoms. The highest BCUT2D eigenvalue weighted by molar-refractivity contribution is 5.92. The summed E-state index contributed by atoms with van der Waals surface area (Å²) in [6.45, 7) is 0. The number of hydrazone groups is 1. The predicted octanol–water partition coefficient (Wildman–Crippen LogP) is 0.822. The Morgan fingerprint density at radius 1 is 1.38 bits per heavy atom. The largest absolute Gasteiger partial charge is 0.481 e. The molecule has 2 bridgehead atoms. The van der Waals surface area contributed by atoms with Crippen LogP contribution in [0.2, 0.25) is 0 Å². The lowest BCUT2D eigenvalue weighted by Gasteiger charge is -2.25. The zero-order valence-corrected chi connectivity index (χ0v) is 7.44. The first kappa shape index (κ1) is 8.53. The van der Waals surface area contributed by atoms with Crippen molar-refractivity contribution in [2.45, 2.75) is 25.7 Å². The average molecular weight is 182 g/mol. The molecule has 2 saturated carbocycles. The Kier molecular flexibility index (Phi) is 1.98. The van der Waals surface area contributed by atoms with Crippen LogP contribution in [0, 0.1) is 17.8 Å². The van der Waals surface area contributed by atoms with Crippen molar-refractivity contribution in [1.82, 2.24) is 0 Å². The van der Waals surface area contributed by atoms with Crippen molar-refractivity contribution in [3.63, 3.8) is 0 Å². The summed E-state index contributed by atoms with van der Waals surface area (Å²) in [5, 5.41) is 12.7. The summed E-state index contributed by atoms with van der Waals surface area (Å²) in [4.78, 5) is 10.8. The molecule has 0 amide bonds. The first-order valence-electron chi connectivity index (χ1n) is 4.73. The van der Waals surface area contributed by atoms with Crippen LogP contribution in [0.15, 0.2) is 5.10 Å². The van der Waals surface area contributed by atoms with Gasteiger partial charge in [0.2, 0.25) is 0 Å². The normalized spacial score (nSPS) is 37.5. The van der Waals surface area contributed by atoms with Gasteiger partial charge in [-0.25, -0.2) is 0 Å². The van der Waals surface area contributed by atoms with Crippen LogP contribution < -0.4 is 5.84 Å². The molecule has 2 aliphatic carbocycles. The number of hydrogen-bond donors (Lipinski definition) is 2. The van der Waals surface area contributed by atoms with Crippen LogP contribution in [0.5, 0.6) is 0 Å². The Balaban J connectivity index is 2.15. The summed E-state index contributed by atoms with van der Waals surface area (Å²) >= 11 is 0. The number of nitrogens with two attached hydrogens (primary N) is 1. The Morgan fingerprint density at radius 3 is 2.31 bits per heavy atom. The summed E-state index contributed by atoms with van der Waals surface area (Å²) in [6.07, 6.45) is 3.62. The topological polar surface area (TPSA) is 75.7 Å². The molecule has 2 fully saturated rings. The maximum Gasteiger partial charge on any atom is 0.306 e. The standard InChI is InChI=1S/C9H14N2O2/c10-11-8-5-1-2-6(8)4-7(3-5)9(12)13/h5-7H,1-4,10H2,(H,12,13)/t5-,6-,7?/m0/s1. The minimum atomic E-state index is -0.659. The van der Waals surface area contributed by atoms with E-state index in [0.29, 0.717) is 11.8 Å². The molecule has 0 saturated heterocycles. The Morgan fingerprint density at radius 2 is 1.92 bits per heavy atom. The van der Waals surface area contributed by atoms with Gasteiger partial charge in [-0.15, -0.1) is 0 Å². The number of fused-ring (bicyclic) bond motifs is 2. The van der Waals surface area contributed by atoms with E-state index in [1.807, 2.05) is 0 Å². The molecule has 3 N–H and O–H groups in total. The van der Waals surface area contributed by atoms with Crippen LogP contribution in [0.1, 0.15) is 25.7 Å². The maximum atomic E-state index is 10.8. The van der Waals surface area contributed by atoms with Crippen molar-refractivity contribution >= 4 is 11.7 Å². The van der Waals surface area contributed by atoms with Gasteiger partial charge in [0, 0.05) is 17.5 Å². The third kappa shape index (κ3) is 1.30. The summed E-state index contributed by atoms with van der Waals surface area (Å²) in [5.41, 5.74) is 1.07. The maximum absolute atomic E-state index is 10.8. The SMILES string of the molecule is NN=C1[C@H]2CC[C@H]1CC(C(=O)O)C2. The third-order valence-corrected chi connectivity index (χ3v) is 3.34. The molecule has 0 heterocycles. The molecule has 0 aromatic carbocycles. The second-order valence-corrected chi connectivity index (χ2v) is 4.03. The van der Waals surface area contributed by atoms with Gasteiger partial charge in [-0.3, -0.25) is 4.79 Å². The van der Waals surface area contributed by atoms with E-state index in [9.17, 15) is 4.79 Å². The highest BCUT2D eigenvalue weighted by Gasteiger charge is 2.42. The lowest BCUT2D eigenvalue weighted by molar-refractivity contribution is -0.142. The van der Waals surface area contributed by atoms with Gasteiger partial charge in [-0.1, -0.05) is 0 Å². The number of hydrogen-bond acceptors (Lipinski definition) is 3. The average Bonchev–Trinajstić information content (AvgIpc) is 2.34. The van der Waals surface area contributed by atoms with Gasteiger partial charge < -0.3 is 10.9 Å². The van der Waals surface area contributed by atoms with Gasteiger partial charge in [0.1, 0.15) is 0 Å². The predicted molar refractivity (Wildman–Crippen MR) is 48.2 cm³/mol. The van der Waals surface area contributed by atoms with E-state index in [0.717, 1.165) is 31.4 Å². The lowest BCUT2D eigenvalue weighted by atomic mass is 9.79. The van der Waals surface area contributed by atoms with E-state index in [1.165, 1.54) is 0 Å². The molecule has 4 nitrogen and oxygen atoms in total. The second kappa shape index (κ2) is 3.01. The molecule has 0 aromatic rings. The zero-order valence-electron chi connectivity index (χ0n) is 7.44. The van der Waals surface area contributed by atoms with Crippen LogP contribution in [-0.4, -0.2) is 16.8 Å². The van der Waals surface area contributed by atoms with Crippen LogP contribution >= 0.6 is 0 Å². The number of carboxylic acids is 1. The summed E-state index contributed by atoms with van der Waals surface area (Å²) in [5.74, 6) is 5.17. The second-order valence-electron chi connectivity index (χ2n) is 4.03. The van der Waals surface area contributed by atoms with Crippen molar-refractivity contribution in [3.8, 4) is 0 Å². The van der Waals surface area contributed by atoms with Gasteiger partial charge >= 0.3 is 5.97 Å². The van der Waals surface area contributed by atoms with E-state index < -0.39 is 5.97 Å². The van der Waals surface area contributed by atoms with Gasteiger partial charge in [0.15, 0.2) is 0 Å². The molecule has 4 heteroatoms. The Bertz CT molecular complexity index is 246. The highest BCUT2D eigenvalue weighted by atomic mass is 16.4. The number of aliphatic carboxylic acids is 1. The van der Waals surface area contributed by atoms with Crippen LogP contribution in [0.4, 0.5) is 0 Å². The number of carbonyl (C=O) groups is 1. The molecule has 0 aliphatic heterocycles. The Labute approximate surface area is 76.8 Å². The van der Waals surface area contributed by atoms with E-state index in [-0.39, 0.29) is 5.92 Å². The quantitative estimate of drug-likeness (QED) is 0.465. The van der Waals surface area contributed by atoms with Crippen molar-refractivity contribution in [2.75, 3.05) is 0 Å². The first-order valence-corrected chi connectivity index (χ1v) is 4.73. The van der Waals surface area contributed by atoms with Crippen molar-refractivity contribution in [1.29, 1.82) is 0 Å². The minimum Gasteiger partial charge on any atom is -0.481 e. The third-order valence-electron chi connectivity index (χ3n) is 3.34. The molecular formula is C9H14N2O2. The van der Waals surface area contributed by atoms with Crippen molar-refractivity contribution in [2.24, 2.45) is 28.7 Å². The monoisotopic (exact) mass is 182 g/mol. The van der Waals surface area contributed by atoms with Gasteiger partial charge in [0.05, 0.1) is 5.92 Å². The number of nitrogens with zero attached hydrogens (tertiary/aromatic N) is 1. The lowest BCUT2D eigenvalue weighted by Crippen LogP contribution is -2.31. The van der Waals surface area contributed by atoms with Crippen LogP contribution in [0.25, 0.3) is 0 Å². The van der Waals surface area contributed by atoms with Gasteiger partial charge in [-0.2, -0.15) is 5.10 Å². The molecule has 2 aliphatic rings. The summed E-state index contributed by atoms with van der Waals surface area (Å²) in [6, 6.07) is 0. The smallest absolute Gasteiger partial charge is 0.306 e. The van der Waals surface area contributed by atoms with E-state index >= 15 is 0 Å². The van der Waals surface area contributed by atoms with E-state index in [1.54, 1.807) is 0 Å². The van der Waals surface area contributed by atoms with E-state index in [2.05, 4.69) is 5.10 Å². The summed E-state index contributed by atoms with van der Waals surface area (Å²) in [7, 11) is 0. The van der Waals surface area contributed by atoms with Crippen molar-refractivity contribution < 1.29 is 9.90 Å². The fraction of sp³-hybridized carbons (Fsp3) is 0.778. The van der Waals surface area contributed by atoms with Gasteiger partial charge in [-0.05, 0) is 25.7 Å². The molecule has 2 rings (SSSR count). The molecular weight excluding hydrogens is 168 g/mol.